The predicted molar refractivity (Wildman–Crippen MR) is 105 cm³/mol. The van der Waals surface area contributed by atoms with Crippen LogP contribution in [-0.4, -0.2) is 24.9 Å². The lowest BCUT2D eigenvalue weighted by atomic mass is 10.2. The summed E-state index contributed by atoms with van der Waals surface area (Å²) in [7, 11) is 0. The maximum Gasteiger partial charge on any atom is 0.122 e. The highest BCUT2D eigenvalue weighted by molar-refractivity contribution is 5.95. The van der Waals surface area contributed by atoms with Crippen LogP contribution in [0.2, 0.25) is 0 Å². The first kappa shape index (κ1) is 22.6. The van der Waals surface area contributed by atoms with E-state index < -0.39 is 0 Å². The highest BCUT2D eigenvalue weighted by atomic mass is 35.5. The molecule has 0 heterocycles. The fraction of sp³-hybridized carbons (Fsp3) is 0.176. The molecule has 0 bridgehead atoms. The highest BCUT2D eigenvalue weighted by Crippen LogP contribution is 2.13. The van der Waals surface area contributed by atoms with Gasteiger partial charge in [0.15, 0.2) is 0 Å². The molecule has 6 N–H and O–H groups in total. The number of amidine groups is 2. The monoisotopic (exact) mass is 384 g/mol. The Kier molecular flexibility index (Phi) is 10.1. The maximum atomic E-state index is 7.32. The van der Waals surface area contributed by atoms with E-state index in [0.29, 0.717) is 24.3 Å². The standard InChI is InChI=1S/C17H20N4O2.2ClH/c18-16(19)12-2-6-14(7-3-12)22-10-1-11-23-15-8-4-13(5-9-15)17(20)21;;/h2-9H,1,10-11H2,(H3,18,19)(H3,20,21);2*1H. The molecule has 2 aromatic rings. The zero-order valence-electron chi connectivity index (χ0n) is 13.5. The lowest BCUT2D eigenvalue weighted by Gasteiger charge is -2.09. The van der Waals surface area contributed by atoms with Crippen molar-refractivity contribution >= 4 is 36.5 Å². The maximum absolute atomic E-state index is 7.32. The largest absolute Gasteiger partial charge is 0.493 e. The first-order valence-corrected chi connectivity index (χ1v) is 7.21. The fourth-order valence-corrected chi connectivity index (χ4v) is 1.90. The molecule has 0 radical (unpaired) electrons. The van der Waals surface area contributed by atoms with Gasteiger partial charge in [0.2, 0.25) is 0 Å². The third-order valence-electron chi connectivity index (χ3n) is 3.16. The number of halogens is 2. The van der Waals surface area contributed by atoms with Gasteiger partial charge in [-0.25, -0.2) is 0 Å². The van der Waals surface area contributed by atoms with Crippen molar-refractivity contribution in [2.45, 2.75) is 6.42 Å². The minimum atomic E-state index is 0. The van der Waals surface area contributed by atoms with Gasteiger partial charge in [0.25, 0.3) is 0 Å². The Labute approximate surface area is 159 Å². The van der Waals surface area contributed by atoms with Crippen LogP contribution in [0.5, 0.6) is 11.5 Å². The number of nitrogens with one attached hydrogen (secondary N) is 2. The molecule has 0 unspecified atom stereocenters. The molecule has 136 valence electrons. The van der Waals surface area contributed by atoms with Crippen LogP contribution in [0.25, 0.3) is 0 Å². The van der Waals surface area contributed by atoms with E-state index in [0.717, 1.165) is 17.9 Å². The summed E-state index contributed by atoms with van der Waals surface area (Å²) < 4.78 is 11.2. The molecule has 8 heteroatoms. The van der Waals surface area contributed by atoms with Crippen LogP contribution in [0, 0.1) is 10.8 Å². The SMILES string of the molecule is Cl.Cl.N=C(N)c1ccc(OCCCOc2ccc(C(=N)N)cc2)cc1. The van der Waals surface area contributed by atoms with Crippen LogP contribution in [-0.2, 0) is 0 Å². The second-order valence-corrected chi connectivity index (χ2v) is 4.93. The van der Waals surface area contributed by atoms with E-state index in [9.17, 15) is 0 Å². The third kappa shape index (κ3) is 7.32. The first-order chi connectivity index (χ1) is 11.1. The van der Waals surface area contributed by atoms with E-state index in [1.165, 1.54) is 0 Å². The highest BCUT2D eigenvalue weighted by Gasteiger charge is 2.00. The van der Waals surface area contributed by atoms with Crippen molar-refractivity contribution < 1.29 is 9.47 Å². The summed E-state index contributed by atoms with van der Waals surface area (Å²) in [4.78, 5) is 0. The number of rotatable bonds is 8. The predicted octanol–water partition coefficient (Wildman–Crippen LogP) is 2.95. The van der Waals surface area contributed by atoms with Crippen LogP contribution in [0.1, 0.15) is 17.5 Å². The summed E-state index contributed by atoms with van der Waals surface area (Å²) in [5.41, 5.74) is 12.1. The number of hydrogen-bond acceptors (Lipinski definition) is 4. The molecule has 0 fully saturated rings. The van der Waals surface area contributed by atoms with Crippen molar-refractivity contribution in [3.8, 4) is 11.5 Å². The van der Waals surface area contributed by atoms with Gasteiger partial charge in [-0.15, -0.1) is 24.8 Å². The Morgan fingerprint density at radius 3 is 1.28 bits per heavy atom. The molecular formula is C17H22Cl2N4O2. The van der Waals surface area contributed by atoms with E-state index in [4.69, 9.17) is 31.8 Å². The molecule has 0 aromatic heterocycles. The normalized spacial score (nSPS) is 9.28. The summed E-state index contributed by atoms with van der Waals surface area (Å²) in [5.74, 6) is 1.56. The molecule has 25 heavy (non-hydrogen) atoms. The van der Waals surface area contributed by atoms with Gasteiger partial charge in [-0.05, 0) is 48.5 Å². The molecule has 0 atom stereocenters. The third-order valence-corrected chi connectivity index (χ3v) is 3.16. The van der Waals surface area contributed by atoms with Gasteiger partial charge in [-0.3, -0.25) is 10.8 Å². The number of ether oxygens (including phenoxy) is 2. The molecule has 0 aliphatic carbocycles. The van der Waals surface area contributed by atoms with Gasteiger partial charge < -0.3 is 20.9 Å². The molecule has 2 aromatic carbocycles. The van der Waals surface area contributed by atoms with E-state index >= 15 is 0 Å². The zero-order valence-corrected chi connectivity index (χ0v) is 15.2. The smallest absolute Gasteiger partial charge is 0.122 e. The molecule has 0 amide bonds. The van der Waals surface area contributed by atoms with Crippen LogP contribution in [0.3, 0.4) is 0 Å². The van der Waals surface area contributed by atoms with Crippen molar-refractivity contribution in [2.24, 2.45) is 11.5 Å². The molecule has 2 rings (SSSR count). The quantitative estimate of drug-likeness (QED) is 0.317. The molecule has 0 aliphatic rings. The van der Waals surface area contributed by atoms with Crippen LogP contribution >= 0.6 is 24.8 Å². The molecule has 6 nitrogen and oxygen atoms in total. The number of hydrogen-bond donors (Lipinski definition) is 4. The summed E-state index contributed by atoms with van der Waals surface area (Å²) in [5, 5.41) is 14.6. The van der Waals surface area contributed by atoms with Gasteiger partial charge in [-0.1, -0.05) is 0 Å². The Morgan fingerprint density at radius 2 is 1.00 bits per heavy atom. The van der Waals surface area contributed by atoms with Gasteiger partial charge in [0, 0.05) is 17.5 Å². The molecule has 0 saturated carbocycles. The van der Waals surface area contributed by atoms with Crippen LogP contribution < -0.4 is 20.9 Å². The lowest BCUT2D eigenvalue weighted by Crippen LogP contribution is -2.11. The Morgan fingerprint density at radius 1 is 0.680 bits per heavy atom. The van der Waals surface area contributed by atoms with Gasteiger partial charge >= 0.3 is 0 Å². The lowest BCUT2D eigenvalue weighted by molar-refractivity contribution is 0.247. The Balaban J connectivity index is 0.00000288. The van der Waals surface area contributed by atoms with Crippen molar-refractivity contribution in [3.63, 3.8) is 0 Å². The second-order valence-electron chi connectivity index (χ2n) is 4.93. The summed E-state index contributed by atoms with van der Waals surface area (Å²) >= 11 is 0. The number of nitrogens with two attached hydrogens (primary N) is 2. The molecule has 0 aliphatic heterocycles. The van der Waals surface area contributed by atoms with E-state index in [1.807, 2.05) is 0 Å². The summed E-state index contributed by atoms with van der Waals surface area (Å²) in [6.45, 7) is 1.07. The van der Waals surface area contributed by atoms with Crippen molar-refractivity contribution in [1.82, 2.24) is 0 Å². The van der Waals surface area contributed by atoms with Crippen LogP contribution in [0.15, 0.2) is 48.5 Å². The Hall–Kier alpha value is -2.44. The molecule has 0 spiro atoms. The summed E-state index contributed by atoms with van der Waals surface area (Å²) in [6.07, 6.45) is 0.739. The van der Waals surface area contributed by atoms with E-state index in [-0.39, 0.29) is 36.5 Å². The van der Waals surface area contributed by atoms with Crippen molar-refractivity contribution in [2.75, 3.05) is 13.2 Å². The Bertz CT molecular complexity index is 617. The number of nitrogen functional groups attached to an aromatic ring is 2. The first-order valence-electron chi connectivity index (χ1n) is 7.21. The zero-order chi connectivity index (χ0) is 16.7. The van der Waals surface area contributed by atoms with Gasteiger partial charge in [0.05, 0.1) is 13.2 Å². The van der Waals surface area contributed by atoms with Gasteiger partial charge in [-0.2, -0.15) is 0 Å². The van der Waals surface area contributed by atoms with Crippen LogP contribution in [0.4, 0.5) is 0 Å². The molecular weight excluding hydrogens is 363 g/mol. The minimum absolute atomic E-state index is 0. The average Bonchev–Trinajstić information content (AvgIpc) is 2.55. The van der Waals surface area contributed by atoms with E-state index in [1.54, 1.807) is 48.5 Å². The van der Waals surface area contributed by atoms with Crippen molar-refractivity contribution in [3.05, 3.63) is 59.7 Å². The van der Waals surface area contributed by atoms with E-state index in [2.05, 4.69) is 0 Å². The van der Waals surface area contributed by atoms with Crippen molar-refractivity contribution in [1.29, 1.82) is 10.8 Å². The molecule has 0 saturated heterocycles. The second kappa shape index (κ2) is 11.2. The average molecular weight is 385 g/mol. The topological polar surface area (TPSA) is 118 Å². The summed E-state index contributed by atoms with van der Waals surface area (Å²) in [6, 6.07) is 14.2. The van der Waals surface area contributed by atoms with Gasteiger partial charge in [0.1, 0.15) is 23.2 Å². The number of benzene rings is 2. The fourth-order valence-electron chi connectivity index (χ4n) is 1.90. The minimum Gasteiger partial charge on any atom is -0.493 e.